The number of nitrogens with one attached hydrogen (secondary N) is 1. The summed E-state index contributed by atoms with van der Waals surface area (Å²) in [5.74, 6) is -0.00410. The lowest BCUT2D eigenvalue weighted by Crippen LogP contribution is -2.32. The van der Waals surface area contributed by atoms with Crippen LogP contribution in [0.3, 0.4) is 0 Å². The summed E-state index contributed by atoms with van der Waals surface area (Å²) in [6.07, 6.45) is -0.291. The van der Waals surface area contributed by atoms with E-state index in [-0.39, 0.29) is 11.7 Å². The number of amides is 1. The number of aromatic amines is 1. The van der Waals surface area contributed by atoms with Crippen LogP contribution in [0.25, 0.3) is 11.3 Å². The molecule has 6 nitrogen and oxygen atoms in total. The van der Waals surface area contributed by atoms with Crippen molar-refractivity contribution in [2.75, 3.05) is 13.1 Å². The molecule has 29 heavy (non-hydrogen) atoms. The van der Waals surface area contributed by atoms with Crippen molar-refractivity contribution in [3.8, 4) is 17.0 Å². The second-order valence-electron chi connectivity index (χ2n) is 7.08. The van der Waals surface area contributed by atoms with Gasteiger partial charge in [-0.05, 0) is 36.8 Å². The second kappa shape index (κ2) is 8.45. The van der Waals surface area contributed by atoms with Gasteiger partial charge < -0.3 is 14.7 Å². The number of ether oxygens (including phenoxy) is 1. The molecular weight excluding hydrogens is 373 g/mol. The molecule has 2 N–H and O–H groups in total. The summed E-state index contributed by atoms with van der Waals surface area (Å²) >= 11 is 0. The van der Waals surface area contributed by atoms with E-state index >= 15 is 0 Å². The number of benzene rings is 2. The summed E-state index contributed by atoms with van der Waals surface area (Å²) in [6, 6.07) is 17.1. The zero-order valence-electron chi connectivity index (χ0n) is 15.8. The number of likely N-dealkylation sites (tertiary alicyclic amines) is 1. The maximum absolute atomic E-state index is 13.1. The first-order valence-corrected chi connectivity index (χ1v) is 9.60. The molecule has 0 saturated carbocycles. The number of hydrogen-bond donors (Lipinski definition) is 2. The number of rotatable bonds is 4. The Bertz CT molecular complexity index is 959. The minimum Gasteiger partial charge on any atom is -0.488 e. The molecule has 0 aliphatic carbocycles. The topological polar surface area (TPSA) is 78.5 Å². The number of hydrogen-bond acceptors (Lipinski definition) is 4. The fourth-order valence-corrected chi connectivity index (χ4v) is 3.45. The van der Waals surface area contributed by atoms with Gasteiger partial charge in [-0.1, -0.05) is 30.3 Å². The van der Waals surface area contributed by atoms with Gasteiger partial charge in [0.15, 0.2) is 0 Å². The highest BCUT2D eigenvalue weighted by molar-refractivity contribution is 5.93. The Kier molecular flexibility index (Phi) is 5.57. The number of carbonyl (C=O) groups excluding carboxylic acids is 1. The number of H-pyrrole nitrogens is 1. The largest absolute Gasteiger partial charge is 0.488 e. The number of aromatic nitrogens is 2. The lowest BCUT2D eigenvalue weighted by Gasteiger charge is -2.21. The monoisotopic (exact) mass is 395 g/mol. The molecule has 0 unspecified atom stereocenters. The smallest absolute Gasteiger partial charge is 0.271 e. The number of halogens is 1. The van der Waals surface area contributed by atoms with Gasteiger partial charge >= 0.3 is 0 Å². The van der Waals surface area contributed by atoms with Crippen molar-refractivity contribution in [2.24, 2.45) is 0 Å². The van der Waals surface area contributed by atoms with Gasteiger partial charge in [0, 0.05) is 25.1 Å². The summed E-state index contributed by atoms with van der Waals surface area (Å²) < 4.78 is 18.9. The number of aliphatic hydroxyl groups is 1. The van der Waals surface area contributed by atoms with Crippen molar-refractivity contribution in [2.45, 2.75) is 25.0 Å². The lowest BCUT2D eigenvalue weighted by atomic mass is 10.1. The fraction of sp³-hybridized carbons (Fsp3) is 0.273. The van der Waals surface area contributed by atoms with E-state index in [4.69, 9.17) is 4.74 Å². The Hall–Kier alpha value is -3.19. The first-order chi connectivity index (χ1) is 14.1. The number of nitrogens with zero attached hydrogens (tertiary/aromatic N) is 2. The van der Waals surface area contributed by atoms with E-state index in [1.807, 2.05) is 30.3 Å². The van der Waals surface area contributed by atoms with Crippen LogP contribution in [0, 0.1) is 5.82 Å². The van der Waals surface area contributed by atoms with E-state index < -0.39 is 12.2 Å². The average molecular weight is 395 g/mol. The number of carbonyl (C=O) groups is 1. The van der Waals surface area contributed by atoms with E-state index in [1.165, 1.54) is 24.3 Å². The third kappa shape index (κ3) is 4.46. The summed E-state index contributed by atoms with van der Waals surface area (Å²) in [6.45, 7) is 0.865. The Labute approximate surface area is 167 Å². The van der Waals surface area contributed by atoms with Crippen LogP contribution in [0.1, 0.15) is 23.3 Å². The molecule has 7 heteroatoms. The van der Waals surface area contributed by atoms with Gasteiger partial charge in [0.2, 0.25) is 0 Å². The average Bonchev–Trinajstić information content (AvgIpc) is 3.17. The molecule has 2 heterocycles. The standard InChI is InChI=1S/C22H22FN3O3/c23-16-6-8-17(9-7-16)29-21-11-13-26(12-10-20(21)27)22(28)19-14-18(24-25-19)15-4-2-1-3-5-15/h1-9,14,20-21,27H,10-13H2,(H,24,25)/t20-,21-/m0/s1. The van der Waals surface area contributed by atoms with Gasteiger partial charge in [0.25, 0.3) is 5.91 Å². The summed E-state index contributed by atoms with van der Waals surface area (Å²) in [5, 5.41) is 17.5. The van der Waals surface area contributed by atoms with Crippen molar-refractivity contribution in [1.29, 1.82) is 0 Å². The normalized spacial score (nSPS) is 19.6. The third-order valence-electron chi connectivity index (χ3n) is 5.07. The molecule has 1 amide bonds. The van der Waals surface area contributed by atoms with Gasteiger partial charge in [-0.3, -0.25) is 9.89 Å². The zero-order valence-corrected chi connectivity index (χ0v) is 15.8. The SMILES string of the molecule is O=C(c1cc(-c2ccccc2)n[nH]1)N1CC[C@H](Oc2ccc(F)cc2)[C@@H](O)CC1. The Morgan fingerprint density at radius 2 is 1.83 bits per heavy atom. The molecule has 1 aliphatic rings. The van der Waals surface area contributed by atoms with E-state index in [2.05, 4.69) is 10.2 Å². The highest BCUT2D eigenvalue weighted by Crippen LogP contribution is 2.22. The van der Waals surface area contributed by atoms with Gasteiger partial charge in [-0.2, -0.15) is 5.10 Å². The van der Waals surface area contributed by atoms with Crippen LogP contribution in [0.2, 0.25) is 0 Å². The van der Waals surface area contributed by atoms with Crippen LogP contribution >= 0.6 is 0 Å². The third-order valence-corrected chi connectivity index (χ3v) is 5.07. The van der Waals surface area contributed by atoms with Gasteiger partial charge in [0.05, 0.1) is 11.8 Å². The molecule has 2 aromatic carbocycles. The molecule has 1 aromatic heterocycles. The predicted molar refractivity (Wildman–Crippen MR) is 106 cm³/mol. The maximum atomic E-state index is 13.1. The summed E-state index contributed by atoms with van der Waals surface area (Å²) in [5.41, 5.74) is 2.06. The minimum absolute atomic E-state index is 0.158. The van der Waals surface area contributed by atoms with Crippen LogP contribution < -0.4 is 4.74 Å². The summed E-state index contributed by atoms with van der Waals surface area (Å²) in [4.78, 5) is 14.6. The molecule has 2 atom stereocenters. The molecule has 150 valence electrons. The molecular formula is C22H22FN3O3. The molecule has 1 aliphatic heterocycles. The summed E-state index contributed by atoms with van der Waals surface area (Å²) in [7, 11) is 0. The van der Waals surface area contributed by atoms with Crippen LogP contribution in [-0.2, 0) is 0 Å². The maximum Gasteiger partial charge on any atom is 0.271 e. The second-order valence-corrected chi connectivity index (χ2v) is 7.08. The fourth-order valence-electron chi connectivity index (χ4n) is 3.45. The Balaban J connectivity index is 1.42. The zero-order chi connectivity index (χ0) is 20.2. The molecule has 3 aromatic rings. The van der Waals surface area contributed by atoms with Crippen LogP contribution in [-0.4, -0.2) is 51.4 Å². The Morgan fingerprint density at radius 3 is 2.59 bits per heavy atom. The molecule has 0 spiro atoms. The van der Waals surface area contributed by atoms with Crippen molar-refractivity contribution in [3.63, 3.8) is 0 Å². The van der Waals surface area contributed by atoms with Crippen molar-refractivity contribution in [1.82, 2.24) is 15.1 Å². The van der Waals surface area contributed by atoms with Gasteiger partial charge in [0.1, 0.15) is 23.4 Å². The number of aliphatic hydroxyl groups excluding tert-OH is 1. The van der Waals surface area contributed by atoms with Crippen LogP contribution in [0.15, 0.2) is 60.7 Å². The van der Waals surface area contributed by atoms with Crippen molar-refractivity contribution >= 4 is 5.91 Å². The lowest BCUT2D eigenvalue weighted by molar-refractivity contribution is 0.0349. The van der Waals surface area contributed by atoms with Crippen molar-refractivity contribution < 1.29 is 19.0 Å². The first-order valence-electron chi connectivity index (χ1n) is 9.60. The van der Waals surface area contributed by atoms with E-state index in [1.54, 1.807) is 11.0 Å². The van der Waals surface area contributed by atoms with E-state index in [9.17, 15) is 14.3 Å². The molecule has 0 radical (unpaired) electrons. The van der Waals surface area contributed by atoms with Crippen molar-refractivity contribution in [3.05, 3.63) is 72.2 Å². The molecule has 1 saturated heterocycles. The molecule has 4 rings (SSSR count). The van der Waals surface area contributed by atoms with E-state index in [0.717, 1.165) is 5.56 Å². The van der Waals surface area contributed by atoms with E-state index in [0.29, 0.717) is 43.1 Å². The highest BCUT2D eigenvalue weighted by Gasteiger charge is 2.29. The van der Waals surface area contributed by atoms with Crippen LogP contribution in [0.4, 0.5) is 4.39 Å². The van der Waals surface area contributed by atoms with Crippen LogP contribution in [0.5, 0.6) is 5.75 Å². The quantitative estimate of drug-likeness (QED) is 0.711. The Morgan fingerprint density at radius 1 is 1.10 bits per heavy atom. The minimum atomic E-state index is -0.709. The predicted octanol–water partition coefficient (Wildman–Crippen LogP) is 3.26. The first kappa shape index (κ1) is 19.1. The molecule has 0 bridgehead atoms. The highest BCUT2D eigenvalue weighted by atomic mass is 19.1. The van der Waals surface area contributed by atoms with Gasteiger partial charge in [-0.25, -0.2) is 4.39 Å². The van der Waals surface area contributed by atoms with Gasteiger partial charge in [-0.15, -0.1) is 0 Å². The molecule has 1 fully saturated rings.